The first kappa shape index (κ1) is 12.4. The summed E-state index contributed by atoms with van der Waals surface area (Å²) < 4.78 is 6.59. The Morgan fingerprint density at radius 1 is 1.16 bits per heavy atom. The highest BCUT2D eigenvalue weighted by Crippen LogP contribution is 2.16. The van der Waals surface area contributed by atoms with Gasteiger partial charge in [0, 0.05) is 10.7 Å². The van der Waals surface area contributed by atoms with E-state index in [0.717, 1.165) is 16.6 Å². The van der Waals surface area contributed by atoms with Crippen LogP contribution in [0.25, 0.3) is 0 Å². The number of hydrogen-bond donors (Lipinski definition) is 0. The van der Waals surface area contributed by atoms with Crippen molar-refractivity contribution in [3.05, 3.63) is 64.4 Å². The average molecular weight is 317 g/mol. The van der Waals surface area contributed by atoms with E-state index in [2.05, 4.69) is 38.0 Å². The first-order valence-electron chi connectivity index (χ1n) is 6.18. The molecule has 3 rings (SSSR count). The summed E-state index contributed by atoms with van der Waals surface area (Å²) in [5, 5.41) is 0. The molecule has 2 heterocycles. The number of benzene rings is 1. The summed E-state index contributed by atoms with van der Waals surface area (Å²) in [4.78, 5) is 8.90. The van der Waals surface area contributed by atoms with E-state index in [0.29, 0.717) is 12.5 Å². The molecule has 0 fully saturated rings. The van der Waals surface area contributed by atoms with Crippen LogP contribution in [0.1, 0.15) is 11.3 Å². The number of aliphatic imine (C=N–C) groups is 1. The summed E-state index contributed by atoms with van der Waals surface area (Å²) in [7, 11) is 0. The summed E-state index contributed by atoms with van der Waals surface area (Å²) in [6.07, 6.45) is 2.66. The fourth-order valence-electron chi connectivity index (χ4n) is 2.05. The Morgan fingerprint density at radius 2 is 2.00 bits per heavy atom. The highest BCUT2D eigenvalue weighted by Gasteiger charge is 2.21. The predicted octanol–water partition coefficient (Wildman–Crippen LogP) is 3.23. The zero-order valence-electron chi connectivity index (χ0n) is 10.3. The number of hydrogen-bond acceptors (Lipinski definition) is 3. The van der Waals surface area contributed by atoms with Gasteiger partial charge < -0.3 is 4.74 Å². The SMILES string of the molecule is Brc1ccc(C2=N[C@H](Cc3ccccc3)CO2)nc1. The highest BCUT2D eigenvalue weighted by molar-refractivity contribution is 9.10. The van der Waals surface area contributed by atoms with Crippen molar-refractivity contribution >= 4 is 21.8 Å². The molecule has 1 aromatic carbocycles. The maximum atomic E-state index is 5.64. The van der Waals surface area contributed by atoms with Crippen LogP contribution in [-0.4, -0.2) is 23.5 Å². The van der Waals surface area contributed by atoms with Crippen LogP contribution in [0.3, 0.4) is 0 Å². The third-order valence-electron chi connectivity index (χ3n) is 2.97. The van der Waals surface area contributed by atoms with Gasteiger partial charge in [-0.25, -0.2) is 4.99 Å². The van der Waals surface area contributed by atoms with Gasteiger partial charge >= 0.3 is 0 Å². The third-order valence-corrected chi connectivity index (χ3v) is 3.44. The molecule has 0 unspecified atom stereocenters. The smallest absolute Gasteiger partial charge is 0.235 e. The van der Waals surface area contributed by atoms with Gasteiger partial charge in [-0.05, 0) is 40.0 Å². The molecule has 1 aliphatic rings. The lowest BCUT2D eigenvalue weighted by molar-refractivity contribution is 0.316. The molecule has 2 aromatic rings. The van der Waals surface area contributed by atoms with Gasteiger partial charge in [-0.1, -0.05) is 30.3 Å². The van der Waals surface area contributed by atoms with Crippen molar-refractivity contribution in [2.75, 3.05) is 6.61 Å². The summed E-state index contributed by atoms with van der Waals surface area (Å²) in [5.74, 6) is 0.647. The van der Waals surface area contributed by atoms with Crippen LogP contribution in [0.15, 0.2) is 58.1 Å². The Kier molecular flexibility index (Phi) is 3.60. The number of nitrogens with zero attached hydrogens (tertiary/aromatic N) is 2. The first-order valence-corrected chi connectivity index (χ1v) is 6.97. The average Bonchev–Trinajstić information content (AvgIpc) is 2.89. The molecule has 0 spiro atoms. The second kappa shape index (κ2) is 5.53. The molecular formula is C15H13BrN2O. The summed E-state index contributed by atoms with van der Waals surface area (Å²) in [6, 6.07) is 14.4. The molecule has 0 saturated carbocycles. The number of pyridine rings is 1. The Hall–Kier alpha value is -1.68. The lowest BCUT2D eigenvalue weighted by Crippen LogP contribution is -2.09. The van der Waals surface area contributed by atoms with Gasteiger partial charge in [0.25, 0.3) is 0 Å². The van der Waals surface area contributed by atoms with Gasteiger partial charge in [-0.15, -0.1) is 0 Å². The molecule has 96 valence electrons. The van der Waals surface area contributed by atoms with E-state index in [1.54, 1.807) is 6.20 Å². The predicted molar refractivity (Wildman–Crippen MR) is 78.4 cm³/mol. The van der Waals surface area contributed by atoms with Crippen LogP contribution < -0.4 is 0 Å². The van der Waals surface area contributed by atoms with Crippen LogP contribution in [-0.2, 0) is 11.2 Å². The topological polar surface area (TPSA) is 34.5 Å². The molecule has 0 amide bonds. The van der Waals surface area contributed by atoms with E-state index in [9.17, 15) is 0 Å². The zero-order chi connectivity index (χ0) is 13.1. The minimum Gasteiger partial charge on any atom is -0.474 e. The number of rotatable bonds is 3. The van der Waals surface area contributed by atoms with Crippen LogP contribution in [0, 0.1) is 0 Å². The summed E-state index contributed by atoms with van der Waals surface area (Å²) in [5.41, 5.74) is 2.07. The molecule has 0 bridgehead atoms. The van der Waals surface area contributed by atoms with E-state index < -0.39 is 0 Å². The Labute approximate surface area is 120 Å². The largest absolute Gasteiger partial charge is 0.474 e. The van der Waals surface area contributed by atoms with Gasteiger partial charge in [0.2, 0.25) is 5.90 Å². The zero-order valence-corrected chi connectivity index (χ0v) is 11.9. The quantitative estimate of drug-likeness (QED) is 0.871. The second-order valence-electron chi connectivity index (χ2n) is 4.45. The minimum absolute atomic E-state index is 0.183. The molecule has 0 N–H and O–H groups in total. The van der Waals surface area contributed by atoms with E-state index in [1.165, 1.54) is 5.56 Å². The fourth-order valence-corrected chi connectivity index (χ4v) is 2.28. The maximum Gasteiger partial charge on any atom is 0.235 e. The monoisotopic (exact) mass is 316 g/mol. The van der Waals surface area contributed by atoms with Gasteiger partial charge in [0.05, 0.1) is 6.04 Å². The van der Waals surface area contributed by atoms with E-state index in [1.807, 2.05) is 30.3 Å². The molecular weight excluding hydrogens is 304 g/mol. The summed E-state index contributed by atoms with van der Waals surface area (Å²) in [6.45, 7) is 0.627. The molecule has 0 aliphatic carbocycles. The van der Waals surface area contributed by atoms with Crippen LogP contribution in [0.2, 0.25) is 0 Å². The normalized spacial score (nSPS) is 17.9. The van der Waals surface area contributed by atoms with Gasteiger partial charge in [0.15, 0.2) is 0 Å². The first-order chi connectivity index (χ1) is 9.31. The summed E-state index contributed by atoms with van der Waals surface area (Å²) >= 11 is 3.37. The van der Waals surface area contributed by atoms with E-state index >= 15 is 0 Å². The molecule has 0 saturated heterocycles. The fraction of sp³-hybridized carbons (Fsp3) is 0.200. The number of ether oxygens (including phenoxy) is 1. The Bertz CT molecular complexity index is 581. The van der Waals surface area contributed by atoms with Crippen LogP contribution in [0.5, 0.6) is 0 Å². The molecule has 1 aliphatic heterocycles. The standard InChI is InChI=1S/C15H13BrN2O/c16-12-6-7-14(17-9-12)15-18-13(10-19-15)8-11-4-2-1-3-5-11/h1-7,9,13H,8,10H2/t13-/m1/s1. The third kappa shape index (κ3) is 3.01. The maximum absolute atomic E-state index is 5.64. The van der Waals surface area contributed by atoms with E-state index in [-0.39, 0.29) is 6.04 Å². The molecule has 3 nitrogen and oxygen atoms in total. The van der Waals surface area contributed by atoms with Crippen LogP contribution in [0.4, 0.5) is 0 Å². The van der Waals surface area contributed by atoms with Crippen molar-refractivity contribution in [1.82, 2.24) is 4.98 Å². The van der Waals surface area contributed by atoms with Crippen molar-refractivity contribution in [1.29, 1.82) is 0 Å². The molecule has 1 atom stereocenters. The molecule has 1 aromatic heterocycles. The van der Waals surface area contributed by atoms with Crippen molar-refractivity contribution < 1.29 is 4.74 Å². The Balaban J connectivity index is 1.72. The van der Waals surface area contributed by atoms with Crippen molar-refractivity contribution in [3.8, 4) is 0 Å². The van der Waals surface area contributed by atoms with Crippen molar-refractivity contribution in [2.45, 2.75) is 12.5 Å². The molecule has 4 heteroatoms. The van der Waals surface area contributed by atoms with Crippen molar-refractivity contribution in [3.63, 3.8) is 0 Å². The van der Waals surface area contributed by atoms with Gasteiger partial charge in [-0.2, -0.15) is 0 Å². The second-order valence-corrected chi connectivity index (χ2v) is 5.37. The lowest BCUT2D eigenvalue weighted by atomic mass is 10.1. The van der Waals surface area contributed by atoms with Gasteiger partial charge in [-0.3, -0.25) is 4.98 Å². The highest BCUT2D eigenvalue weighted by atomic mass is 79.9. The van der Waals surface area contributed by atoms with Crippen LogP contribution >= 0.6 is 15.9 Å². The minimum atomic E-state index is 0.183. The lowest BCUT2D eigenvalue weighted by Gasteiger charge is -2.03. The Morgan fingerprint density at radius 3 is 2.74 bits per heavy atom. The molecule has 19 heavy (non-hydrogen) atoms. The van der Waals surface area contributed by atoms with Gasteiger partial charge in [0.1, 0.15) is 12.3 Å². The van der Waals surface area contributed by atoms with E-state index in [4.69, 9.17) is 4.74 Å². The molecule has 0 radical (unpaired) electrons. The number of halogens is 1. The van der Waals surface area contributed by atoms with Crippen molar-refractivity contribution in [2.24, 2.45) is 4.99 Å². The number of aromatic nitrogens is 1.